The summed E-state index contributed by atoms with van der Waals surface area (Å²) in [5.41, 5.74) is 3.63. The minimum absolute atomic E-state index is 0.0695. The van der Waals surface area contributed by atoms with Gasteiger partial charge < -0.3 is 19.7 Å². The van der Waals surface area contributed by atoms with Crippen molar-refractivity contribution in [3.63, 3.8) is 0 Å². The van der Waals surface area contributed by atoms with Crippen molar-refractivity contribution in [3.05, 3.63) is 77.6 Å². The highest BCUT2D eigenvalue weighted by Crippen LogP contribution is 2.24. The fraction of sp³-hybridized carbons (Fsp3) is 0.310. The van der Waals surface area contributed by atoms with Crippen LogP contribution in [0.15, 0.2) is 65.7 Å². The number of likely N-dealkylation sites (N-methyl/N-ethyl adjacent to an activating group) is 1. The SMILES string of the molecule is CO[C@@H](C)CN(C)c1cccc(-c2ccc3cnc(CNC(=O)c4ccc5c(c4)S(=O)(=O)CCOC5)cc3n2)n1. The summed E-state index contributed by atoms with van der Waals surface area (Å²) in [6.07, 6.45) is 1.78. The molecule has 0 spiro atoms. The van der Waals surface area contributed by atoms with E-state index in [2.05, 4.69) is 10.3 Å². The van der Waals surface area contributed by atoms with Crippen LogP contribution in [0.3, 0.4) is 0 Å². The molecule has 0 radical (unpaired) electrons. The Hall–Kier alpha value is -3.93. The van der Waals surface area contributed by atoms with E-state index in [0.29, 0.717) is 17.8 Å². The summed E-state index contributed by atoms with van der Waals surface area (Å²) in [6.45, 7) is 3.20. The van der Waals surface area contributed by atoms with Gasteiger partial charge >= 0.3 is 0 Å². The van der Waals surface area contributed by atoms with Crippen molar-refractivity contribution in [1.29, 1.82) is 0 Å². The van der Waals surface area contributed by atoms with Crippen LogP contribution in [-0.4, -0.2) is 68.4 Å². The number of anilines is 1. The minimum atomic E-state index is -3.51. The van der Waals surface area contributed by atoms with Crippen LogP contribution in [0.1, 0.15) is 28.5 Å². The first kappa shape index (κ1) is 27.6. The van der Waals surface area contributed by atoms with Crippen LogP contribution in [0.4, 0.5) is 5.82 Å². The second kappa shape index (κ2) is 11.7. The van der Waals surface area contributed by atoms with Gasteiger partial charge in [0.2, 0.25) is 0 Å². The Morgan fingerprint density at radius 1 is 1.12 bits per heavy atom. The van der Waals surface area contributed by atoms with Crippen LogP contribution in [0.5, 0.6) is 0 Å². The standard InChI is InChI=1S/C29H31N5O5S/c1-19(38-3)17-34(2)28-6-4-5-24(33-28)25-10-9-21-15-30-23(14-26(21)32-25)16-31-29(35)20-7-8-22-18-39-11-12-40(36,37)27(22)13-20/h4-10,13-15,19H,11-12,16-18H2,1-3H3,(H,31,35)/t19-/m0/s1. The molecule has 0 unspecified atom stereocenters. The molecule has 0 saturated carbocycles. The second-order valence-electron chi connectivity index (χ2n) is 9.75. The molecule has 0 aliphatic carbocycles. The molecule has 4 heterocycles. The Bertz CT molecular complexity index is 1660. The minimum Gasteiger partial charge on any atom is -0.380 e. The molecule has 1 N–H and O–H groups in total. The average Bonchev–Trinajstić information content (AvgIpc) is 3.12. The van der Waals surface area contributed by atoms with Crippen molar-refractivity contribution < 1.29 is 22.7 Å². The lowest BCUT2D eigenvalue weighted by atomic mass is 10.1. The van der Waals surface area contributed by atoms with E-state index in [4.69, 9.17) is 19.4 Å². The van der Waals surface area contributed by atoms with Gasteiger partial charge in [-0.3, -0.25) is 9.78 Å². The maximum absolute atomic E-state index is 12.9. The highest BCUT2D eigenvalue weighted by atomic mass is 32.2. The molecule has 208 valence electrons. The summed E-state index contributed by atoms with van der Waals surface area (Å²) >= 11 is 0. The van der Waals surface area contributed by atoms with E-state index < -0.39 is 9.84 Å². The number of carbonyl (C=O) groups excluding carboxylic acids is 1. The molecule has 1 atom stereocenters. The van der Waals surface area contributed by atoms with Crippen molar-refractivity contribution >= 4 is 32.5 Å². The Morgan fingerprint density at radius 2 is 1.95 bits per heavy atom. The highest BCUT2D eigenvalue weighted by Gasteiger charge is 2.23. The molecule has 0 fully saturated rings. The van der Waals surface area contributed by atoms with Crippen LogP contribution in [0, 0.1) is 0 Å². The zero-order chi connectivity index (χ0) is 28.3. The van der Waals surface area contributed by atoms with Crippen LogP contribution in [0.25, 0.3) is 22.3 Å². The van der Waals surface area contributed by atoms with Crippen LogP contribution in [-0.2, 0) is 32.5 Å². The topological polar surface area (TPSA) is 124 Å². The lowest BCUT2D eigenvalue weighted by Gasteiger charge is -2.22. The van der Waals surface area contributed by atoms with Crippen LogP contribution < -0.4 is 10.2 Å². The number of benzene rings is 1. The zero-order valence-corrected chi connectivity index (χ0v) is 23.4. The van der Waals surface area contributed by atoms with Gasteiger partial charge in [-0.1, -0.05) is 12.1 Å². The Morgan fingerprint density at radius 3 is 2.77 bits per heavy atom. The van der Waals surface area contributed by atoms with E-state index in [1.54, 1.807) is 25.4 Å². The van der Waals surface area contributed by atoms with Gasteiger partial charge in [-0.05, 0) is 55.0 Å². The third-order valence-electron chi connectivity index (χ3n) is 6.80. The quantitative estimate of drug-likeness (QED) is 0.345. The number of carbonyl (C=O) groups is 1. The molecule has 1 amide bonds. The van der Waals surface area contributed by atoms with Crippen molar-refractivity contribution in [2.24, 2.45) is 0 Å². The van der Waals surface area contributed by atoms with Crippen molar-refractivity contribution in [2.75, 3.05) is 38.0 Å². The predicted octanol–water partition coefficient (Wildman–Crippen LogP) is 3.40. The summed E-state index contributed by atoms with van der Waals surface area (Å²) in [7, 11) is 0.154. The first-order valence-corrected chi connectivity index (χ1v) is 14.6. The molecule has 5 rings (SSSR count). The lowest BCUT2D eigenvalue weighted by Crippen LogP contribution is -2.28. The molecule has 3 aromatic heterocycles. The van der Waals surface area contributed by atoms with Gasteiger partial charge in [0, 0.05) is 37.8 Å². The molecule has 0 saturated heterocycles. The summed E-state index contributed by atoms with van der Waals surface area (Å²) in [5.74, 6) is 0.323. The van der Waals surface area contributed by atoms with Gasteiger partial charge in [0.1, 0.15) is 5.82 Å². The lowest BCUT2D eigenvalue weighted by molar-refractivity contribution is 0.0950. The molecule has 11 heteroatoms. The number of pyridine rings is 3. The Balaban J connectivity index is 1.32. The number of nitrogens with zero attached hydrogens (tertiary/aromatic N) is 4. The first-order chi connectivity index (χ1) is 19.2. The molecule has 4 aromatic rings. The number of amides is 1. The van der Waals surface area contributed by atoms with Crippen molar-refractivity contribution in [1.82, 2.24) is 20.3 Å². The number of aromatic nitrogens is 3. The summed E-state index contributed by atoms with van der Waals surface area (Å²) in [6, 6.07) is 16.2. The number of hydrogen-bond donors (Lipinski definition) is 1. The number of sulfone groups is 1. The third kappa shape index (κ3) is 6.11. The number of fused-ring (bicyclic) bond motifs is 2. The van der Waals surface area contributed by atoms with E-state index in [0.717, 1.165) is 28.1 Å². The Labute approximate surface area is 233 Å². The van der Waals surface area contributed by atoms with Crippen molar-refractivity contribution in [3.8, 4) is 11.4 Å². The fourth-order valence-electron chi connectivity index (χ4n) is 4.47. The summed E-state index contributed by atoms with van der Waals surface area (Å²) < 4.78 is 35.9. The van der Waals surface area contributed by atoms with Crippen molar-refractivity contribution in [2.45, 2.75) is 31.1 Å². The monoisotopic (exact) mass is 561 g/mol. The number of ether oxygens (including phenoxy) is 2. The Kier molecular flexibility index (Phi) is 8.06. The second-order valence-corrected chi connectivity index (χ2v) is 11.8. The maximum atomic E-state index is 12.9. The molecule has 0 bridgehead atoms. The largest absolute Gasteiger partial charge is 0.380 e. The molecule has 40 heavy (non-hydrogen) atoms. The molecule has 1 aromatic carbocycles. The van der Waals surface area contributed by atoms with Gasteiger partial charge in [-0.25, -0.2) is 18.4 Å². The molecular formula is C29H31N5O5S. The number of nitrogens with one attached hydrogen (secondary N) is 1. The van der Waals surface area contributed by atoms with E-state index in [-0.39, 0.29) is 48.0 Å². The average molecular weight is 562 g/mol. The summed E-state index contributed by atoms with van der Waals surface area (Å²) in [5, 5.41) is 3.69. The number of rotatable bonds is 8. The maximum Gasteiger partial charge on any atom is 0.251 e. The molecule has 10 nitrogen and oxygen atoms in total. The highest BCUT2D eigenvalue weighted by molar-refractivity contribution is 7.91. The van der Waals surface area contributed by atoms with Gasteiger partial charge in [0.05, 0.1) is 59.1 Å². The van der Waals surface area contributed by atoms with Gasteiger partial charge in [-0.15, -0.1) is 0 Å². The van der Waals surface area contributed by atoms with Gasteiger partial charge in [0.25, 0.3) is 5.91 Å². The third-order valence-corrected chi connectivity index (χ3v) is 8.55. The summed E-state index contributed by atoms with van der Waals surface area (Å²) in [4.78, 5) is 29.1. The smallest absolute Gasteiger partial charge is 0.251 e. The normalized spacial score (nSPS) is 15.2. The molecular weight excluding hydrogens is 530 g/mol. The van der Waals surface area contributed by atoms with Crippen LogP contribution in [0.2, 0.25) is 0 Å². The zero-order valence-electron chi connectivity index (χ0n) is 22.6. The molecule has 1 aliphatic rings. The predicted molar refractivity (Wildman–Crippen MR) is 152 cm³/mol. The number of methoxy groups -OCH3 is 1. The first-order valence-electron chi connectivity index (χ1n) is 12.9. The van der Waals surface area contributed by atoms with E-state index in [1.807, 2.05) is 55.3 Å². The van der Waals surface area contributed by atoms with E-state index >= 15 is 0 Å². The molecule has 1 aliphatic heterocycles. The van der Waals surface area contributed by atoms with Gasteiger partial charge in [-0.2, -0.15) is 0 Å². The van der Waals surface area contributed by atoms with Gasteiger partial charge in [0.15, 0.2) is 9.84 Å². The van der Waals surface area contributed by atoms with E-state index in [9.17, 15) is 13.2 Å². The van der Waals surface area contributed by atoms with E-state index in [1.165, 1.54) is 6.07 Å². The number of hydrogen-bond acceptors (Lipinski definition) is 9. The van der Waals surface area contributed by atoms with Crippen LogP contribution >= 0.6 is 0 Å². The fourth-order valence-corrected chi connectivity index (χ4v) is 5.86.